The Bertz CT molecular complexity index is 624. The predicted octanol–water partition coefficient (Wildman–Crippen LogP) is 2.82. The Labute approximate surface area is 128 Å². The predicted molar refractivity (Wildman–Crippen MR) is 87.4 cm³/mol. The number of nitrogens with zero attached hydrogens (tertiary/aromatic N) is 2. The van der Waals surface area contributed by atoms with E-state index in [9.17, 15) is 4.79 Å². The molecule has 0 fully saturated rings. The molecule has 1 amide bonds. The number of nitrogens with two attached hydrogens (primary N) is 1. The third-order valence-corrected chi connectivity index (χ3v) is 4.24. The Balaban J connectivity index is 1.75. The summed E-state index contributed by atoms with van der Waals surface area (Å²) >= 11 is 1.66. The maximum absolute atomic E-state index is 11.9. The molecule has 0 radical (unpaired) electrons. The smallest absolute Gasteiger partial charge is 0.224 e. The van der Waals surface area contributed by atoms with Gasteiger partial charge in [-0.25, -0.2) is 4.98 Å². The van der Waals surface area contributed by atoms with Crippen molar-refractivity contribution in [2.24, 2.45) is 7.05 Å². The van der Waals surface area contributed by atoms with Crippen molar-refractivity contribution in [3.63, 3.8) is 0 Å². The van der Waals surface area contributed by atoms with E-state index < -0.39 is 0 Å². The minimum Gasteiger partial charge on any atom is -0.399 e. The fraction of sp³-hybridized carbons (Fsp3) is 0.333. The van der Waals surface area contributed by atoms with Crippen molar-refractivity contribution >= 4 is 29.0 Å². The molecule has 2 aromatic rings. The summed E-state index contributed by atoms with van der Waals surface area (Å²) in [7, 11) is 1.96. The summed E-state index contributed by atoms with van der Waals surface area (Å²) in [5, 5.41) is 3.88. The van der Waals surface area contributed by atoms with Crippen LogP contribution in [0.15, 0.2) is 35.7 Å². The van der Waals surface area contributed by atoms with Gasteiger partial charge >= 0.3 is 0 Å². The van der Waals surface area contributed by atoms with E-state index in [0.29, 0.717) is 12.1 Å². The summed E-state index contributed by atoms with van der Waals surface area (Å²) in [5.41, 5.74) is 8.19. The number of nitrogens with one attached hydrogen (secondary N) is 1. The largest absolute Gasteiger partial charge is 0.399 e. The molecular weight excluding hydrogens is 284 g/mol. The number of carbonyl (C=O) groups excluding carboxylic acids is 1. The van der Waals surface area contributed by atoms with Crippen LogP contribution in [-0.4, -0.2) is 21.2 Å². The van der Waals surface area contributed by atoms with Gasteiger partial charge in [0.1, 0.15) is 0 Å². The standard InChI is InChI=1S/C15H20N4OS/c1-11-5-6-12(16)10-13(11)18-14(20)4-3-9-21-15-17-7-8-19(15)2/h5-8,10H,3-4,9,16H2,1-2H3,(H,18,20). The minimum atomic E-state index is 0.0177. The van der Waals surface area contributed by atoms with Gasteiger partial charge in [0, 0.05) is 43.0 Å². The molecule has 5 nitrogen and oxygen atoms in total. The van der Waals surface area contributed by atoms with Crippen LogP contribution in [0, 0.1) is 6.92 Å². The van der Waals surface area contributed by atoms with Crippen molar-refractivity contribution in [3.05, 3.63) is 36.2 Å². The number of aromatic nitrogens is 2. The molecule has 6 heteroatoms. The molecule has 0 aliphatic heterocycles. The summed E-state index contributed by atoms with van der Waals surface area (Å²) in [4.78, 5) is 16.2. The second kappa shape index (κ2) is 7.17. The number of hydrogen-bond donors (Lipinski definition) is 2. The maximum Gasteiger partial charge on any atom is 0.224 e. The number of aryl methyl sites for hydroxylation is 2. The summed E-state index contributed by atoms with van der Waals surface area (Å²) in [5.74, 6) is 0.887. The van der Waals surface area contributed by atoms with E-state index >= 15 is 0 Å². The van der Waals surface area contributed by atoms with Gasteiger partial charge in [-0.2, -0.15) is 0 Å². The molecule has 112 valence electrons. The van der Waals surface area contributed by atoms with Gasteiger partial charge in [0.2, 0.25) is 5.91 Å². The zero-order valence-electron chi connectivity index (χ0n) is 12.3. The Hall–Kier alpha value is -1.95. The molecule has 0 saturated heterocycles. The first-order valence-electron chi connectivity index (χ1n) is 6.82. The molecule has 0 bridgehead atoms. The second-order valence-electron chi connectivity index (χ2n) is 4.90. The Morgan fingerprint density at radius 3 is 3.00 bits per heavy atom. The zero-order chi connectivity index (χ0) is 15.2. The van der Waals surface area contributed by atoms with Crippen LogP contribution in [0.4, 0.5) is 11.4 Å². The van der Waals surface area contributed by atoms with Crippen molar-refractivity contribution in [3.8, 4) is 0 Å². The number of hydrogen-bond acceptors (Lipinski definition) is 4. The number of amides is 1. The van der Waals surface area contributed by atoms with Crippen molar-refractivity contribution in [1.82, 2.24) is 9.55 Å². The molecule has 0 aliphatic rings. The average Bonchev–Trinajstić information content (AvgIpc) is 2.84. The van der Waals surface area contributed by atoms with Gasteiger partial charge in [0.05, 0.1) is 0 Å². The number of anilines is 2. The van der Waals surface area contributed by atoms with Crippen molar-refractivity contribution in [1.29, 1.82) is 0 Å². The fourth-order valence-corrected chi connectivity index (χ4v) is 2.75. The summed E-state index contributed by atoms with van der Waals surface area (Å²) < 4.78 is 1.97. The van der Waals surface area contributed by atoms with Gasteiger partial charge in [-0.1, -0.05) is 17.8 Å². The molecule has 1 aromatic carbocycles. The first-order chi connectivity index (χ1) is 10.1. The number of rotatable bonds is 6. The maximum atomic E-state index is 11.9. The third-order valence-electron chi connectivity index (χ3n) is 3.09. The lowest BCUT2D eigenvalue weighted by atomic mass is 10.1. The lowest BCUT2D eigenvalue weighted by molar-refractivity contribution is -0.116. The van der Waals surface area contributed by atoms with E-state index in [0.717, 1.165) is 28.6 Å². The fourth-order valence-electron chi connectivity index (χ4n) is 1.87. The van der Waals surface area contributed by atoms with E-state index in [1.54, 1.807) is 24.0 Å². The van der Waals surface area contributed by atoms with Crippen molar-refractivity contribution in [2.75, 3.05) is 16.8 Å². The average molecular weight is 304 g/mol. The highest BCUT2D eigenvalue weighted by Crippen LogP contribution is 2.19. The lowest BCUT2D eigenvalue weighted by Crippen LogP contribution is -2.12. The first-order valence-corrected chi connectivity index (χ1v) is 7.81. The zero-order valence-corrected chi connectivity index (χ0v) is 13.1. The van der Waals surface area contributed by atoms with E-state index in [1.807, 2.05) is 36.9 Å². The Morgan fingerprint density at radius 2 is 2.29 bits per heavy atom. The molecule has 21 heavy (non-hydrogen) atoms. The molecule has 0 spiro atoms. The molecular formula is C15H20N4OS. The van der Waals surface area contributed by atoms with Crippen LogP contribution in [0.1, 0.15) is 18.4 Å². The van der Waals surface area contributed by atoms with E-state index in [-0.39, 0.29) is 5.91 Å². The summed E-state index contributed by atoms with van der Waals surface area (Å²) in [6.07, 6.45) is 4.99. The third kappa shape index (κ3) is 4.53. The van der Waals surface area contributed by atoms with Gasteiger partial charge in [-0.3, -0.25) is 4.79 Å². The molecule has 3 N–H and O–H groups in total. The Morgan fingerprint density at radius 1 is 1.48 bits per heavy atom. The van der Waals surface area contributed by atoms with Crippen LogP contribution in [0.5, 0.6) is 0 Å². The van der Waals surface area contributed by atoms with Crippen LogP contribution in [0.25, 0.3) is 0 Å². The highest BCUT2D eigenvalue weighted by atomic mass is 32.2. The van der Waals surface area contributed by atoms with Gasteiger partial charge < -0.3 is 15.6 Å². The number of carbonyl (C=O) groups is 1. The van der Waals surface area contributed by atoms with Crippen LogP contribution in [-0.2, 0) is 11.8 Å². The number of imidazole rings is 1. The lowest BCUT2D eigenvalue weighted by Gasteiger charge is -2.09. The molecule has 1 aromatic heterocycles. The quantitative estimate of drug-likeness (QED) is 0.489. The van der Waals surface area contributed by atoms with Gasteiger partial charge in [-0.15, -0.1) is 0 Å². The monoisotopic (exact) mass is 304 g/mol. The van der Waals surface area contributed by atoms with Gasteiger partial charge in [-0.05, 0) is 31.0 Å². The number of nitrogen functional groups attached to an aromatic ring is 1. The summed E-state index contributed by atoms with van der Waals surface area (Å²) in [6.45, 7) is 1.95. The SMILES string of the molecule is Cc1ccc(N)cc1NC(=O)CCCSc1nccn1C. The molecule has 1 heterocycles. The topological polar surface area (TPSA) is 72.9 Å². The van der Waals surface area contributed by atoms with Crippen LogP contribution >= 0.6 is 11.8 Å². The van der Waals surface area contributed by atoms with E-state index in [4.69, 9.17) is 5.73 Å². The van der Waals surface area contributed by atoms with E-state index in [1.165, 1.54) is 0 Å². The van der Waals surface area contributed by atoms with Crippen molar-refractivity contribution < 1.29 is 4.79 Å². The highest BCUT2D eigenvalue weighted by Gasteiger charge is 2.06. The van der Waals surface area contributed by atoms with Gasteiger partial charge in [0.25, 0.3) is 0 Å². The molecule has 2 rings (SSSR count). The number of benzene rings is 1. The van der Waals surface area contributed by atoms with Crippen molar-refractivity contribution in [2.45, 2.75) is 24.9 Å². The number of thioether (sulfide) groups is 1. The highest BCUT2D eigenvalue weighted by molar-refractivity contribution is 7.99. The molecule has 0 atom stereocenters. The first kappa shape index (κ1) is 15.4. The molecule has 0 unspecified atom stereocenters. The van der Waals surface area contributed by atoms with Gasteiger partial charge in [0.15, 0.2) is 5.16 Å². The molecule has 0 saturated carbocycles. The normalized spacial score (nSPS) is 10.6. The second-order valence-corrected chi connectivity index (χ2v) is 5.96. The molecule has 0 aliphatic carbocycles. The Kier molecular flexibility index (Phi) is 5.27. The minimum absolute atomic E-state index is 0.0177. The van der Waals surface area contributed by atoms with Crippen LogP contribution in [0.3, 0.4) is 0 Å². The summed E-state index contributed by atoms with van der Waals surface area (Å²) in [6, 6.07) is 5.52. The van der Waals surface area contributed by atoms with Crippen LogP contribution < -0.4 is 11.1 Å². The van der Waals surface area contributed by atoms with E-state index in [2.05, 4.69) is 10.3 Å². The van der Waals surface area contributed by atoms with Crippen LogP contribution in [0.2, 0.25) is 0 Å².